The number of ether oxygens (including phenoxy) is 2. The monoisotopic (exact) mass is 332 g/mol. The first-order valence-corrected chi connectivity index (χ1v) is 7.98. The Morgan fingerprint density at radius 2 is 2.17 bits per heavy atom. The molecule has 0 aliphatic carbocycles. The standard InChI is InChI=1S/C17H20N2O5/c20-8-7-19-16(21)10-14(17(19)22)18-13-5-1-2-6-15(13)24-11-12-4-3-9-23-12/h1-2,5-6,10,12,18,20H,3-4,7-9,11H2. The second-order valence-electron chi connectivity index (χ2n) is 5.64. The number of imide groups is 1. The first-order valence-electron chi connectivity index (χ1n) is 7.98. The highest BCUT2D eigenvalue weighted by Crippen LogP contribution is 2.27. The molecule has 0 spiro atoms. The van der Waals surface area contributed by atoms with E-state index in [4.69, 9.17) is 14.6 Å². The minimum atomic E-state index is -0.456. The first kappa shape index (κ1) is 16.5. The lowest BCUT2D eigenvalue weighted by molar-refractivity contribution is -0.137. The summed E-state index contributed by atoms with van der Waals surface area (Å²) in [5.74, 6) is -0.299. The maximum absolute atomic E-state index is 12.2. The van der Waals surface area contributed by atoms with Crippen LogP contribution in [-0.2, 0) is 14.3 Å². The van der Waals surface area contributed by atoms with Crippen molar-refractivity contribution in [3.8, 4) is 5.75 Å². The summed E-state index contributed by atoms with van der Waals surface area (Å²) in [5, 5.41) is 11.9. The topological polar surface area (TPSA) is 88.1 Å². The Bertz CT molecular complexity index is 652. The Morgan fingerprint density at radius 3 is 2.92 bits per heavy atom. The molecule has 128 valence electrons. The number of rotatable bonds is 7. The van der Waals surface area contributed by atoms with Gasteiger partial charge in [-0.2, -0.15) is 0 Å². The van der Waals surface area contributed by atoms with Gasteiger partial charge in [0.15, 0.2) is 0 Å². The Kier molecular flexibility index (Phi) is 5.12. The lowest BCUT2D eigenvalue weighted by Gasteiger charge is -2.16. The molecule has 7 nitrogen and oxygen atoms in total. The van der Waals surface area contributed by atoms with Crippen molar-refractivity contribution in [1.29, 1.82) is 0 Å². The molecule has 2 aliphatic rings. The molecule has 1 fully saturated rings. The fourth-order valence-electron chi connectivity index (χ4n) is 2.71. The lowest BCUT2D eigenvalue weighted by atomic mass is 10.2. The molecule has 1 unspecified atom stereocenters. The zero-order chi connectivity index (χ0) is 16.9. The van der Waals surface area contributed by atoms with Gasteiger partial charge in [-0.1, -0.05) is 12.1 Å². The average Bonchev–Trinajstić information content (AvgIpc) is 3.19. The highest BCUT2D eigenvalue weighted by atomic mass is 16.5. The van der Waals surface area contributed by atoms with Crippen LogP contribution in [0.25, 0.3) is 0 Å². The van der Waals surface area contributed by atoms with E-state index in [1.165, 1.54) is 6.08 Å². The fourth-order valence-corrected chi connectivity index (χ4v) is 2.71. The quantitative estimate of drug-likeness (QED) is 0.722. The zero-order valence-corrected chi connectivity index (χ0v) is 13.2. The first-order chi connectivity index (χ1) is 11.7. The molecule has 3 rings (SSSR count). The molecule has 2 aliphatic heterocycles. The Balaban J connectivity index is 1.68. The Morgan fingerprint density at radius 1 is 1.33 bits per heavy atom. The van der Waals surface area contributed by atoms with E-state index >= 15 is 0 Å². The molecule has 0 bridgehead atoms. The molecule has 0 radical (unpaired) electrons. The number of amides is 2. The predicted octanol–water partition coefficient (Wildman–Crippen LogP) is 0.901. The number of carbonyl (C=O) groups is 2. The number of hydrogen-bond acceptors (Lipinski definition) is 6. The van der Waals surface area contributed by atoms with Crippen LogP contribution in [0.15, 0.2) is 36.0 Å². The number of para-hydroxylation sites is 2. The number of aliphatic hydroxyl groups excluding tert-OH is 1. The van der Waals surface area contributed by atoms with Crippen molar-refractivity contribution in [3.05, 3.63) is 36.0 Å². The van der Waals surface area contributed by atoms with E-state index in [1.807, 2.05) is 12.1 Å². The van der Waals surface area contributed by atoms with Gasteiger partial charge in [-0.25, -0.2) is 0 Å². The predicted molar refractivity (Wildman–Crippen MR) is 86.4 cm³/mol. The van der Waals surface area contributed by atoms with Crippen molar-refractivity contribution in [2.24, 2.45) is 0 Å². The van der Waals surface area contributed by atoms with Crippen LogP contribution in [0.5, 0.6) is 5.75 Å². The summed E-state index contributed by atoms with van der Waals surface area (Å²) in [4.78, 5) is 25.0. The van der Waals surface area contributed by atoms with Crippen LogP contribution in [0.2, 0.25) is 0 Å². The number of hydrogen-bond donors (Lipinski definition) is 2. The molecule has 1 aromatic rings. The number of nitrogens with one attached hydrogen (secondary N) is 1. The van der Waals surface area contributed by atoms with Crippen LogP contribution in [0.3, 0.4) is 0 Å². The van der Waals surface area contributed by atoms with Crippen LogP contribution < -0.4 is 10.1 Å². The number of nitrogens with zero attached hydrogens (tertiary/aromatic N) is 1. The van der Waals surface area contributed by atoms with Crippen LogP contribution >= 0.6 is 0 Å². The molecule has 0 saturated carbocycles. The average molecular weight is 332 g/mol. The van der Waals surface area contributed by atoms with Gasteiger partial charge in [-0.3, -0.25) is 14.5 Å². The molecule has 2 amide bonds. The van der Waals surface area contributed by atoms with Gasteiger partial charge < -0.3 is 19.9 Å². The number of benzene rings is 1. The second-order valence-corrected chi connectivity index (χ2v) is 5.64. The van der Waals surface area contributed by atoms with E-state index in [0.29, 0.717) is 18.0 Å². The minimum absolute atomic E-state index is 0.0173. The summed E-state index contributed by atoms with van der Waals surface area (Å²) in [6.45, 7) is 0.926. The molecule has 1 aromatic carbocycles. The van der Waals surface area contributed by atoms with E-state index in [2.05, 4.69) is 5.32 Å². The van der Waals surface area contributed by atoms with Crippen molar-refractivity contribution in [3.63, 3.8) is 0 Å². The van der Waals surface area contributed by atoms with E-state index in [1.54, 1.807) is 12.1 Å². The smallest absolute Gasteiger partial charge is 0.277 e. The summed E-state index contributed by atoms with van der Waals surface area (Å²) >= 11 is 0. The van der Waals surface area contributed by atoms with Gasteiger partial charge in [0.1, 0.15) is 18.1 Å². The number of aliphatic hydroxyl groups is 1. The van der Waals surface area contributed by atoms with Gasteiger partial charge in [0.25, 0.3) is 11.8 Å². The highest BCUT2D eigenvalue weighted by molar-refractivity contribution is 6.17. The van der Waals surface area contributed by atoms with Crippen molar-refractivity contribution >= 4 is 17.5 Å². The van der Waals surface area contributed by atoms with Crippen LogP contribution in [0.4, 0.5) is 5.69 Å². The van der Waals surface area contributed by atoms with Gasteiger partial charge in [-0.15, -0.1) is 0 Å². The highest BCUT2D eigenvalue weighted by Gasteiger charge is 2.31. The lowest BCUT2D eigenvalue weighted by Crippen LogP contribution is -2.34. The molecule has 2 N–H and O–H groups in total. The molecular weight excluding hydrogens is 312 g/mol. The number of carbonyl (C=O) groups excluding carboxylic acids is 2. The largest absolute Gasteiger partial charge is 0.489 e. The molecule has 24 heavy (non-hydrogen) atoms. The summed E-state index contributed by atoms with van der Waals surface area (Å²) in [5.41, 5.74) is 0.773. The van der Waals surface area contributed by atoms with Crippen molar-refractivity contribution in [2.75, 3.05) is 31.7 Å². The Labute approximate surface area is 139 Å². The molecule has 2 heterocycles. The SMILES string of the molecule is O=C1C=C(Nc2ccccc2OCC2CCCO2)C(=O)N1CCO. The molecule has 1 saturated heterocycles. The molecular formula is C17H20N2O5. The molecule has 1 atom stereocenters. The third kappa shape index (κ3) is 3.58. The summed E-state index contributed by atoms with van der Waals surface area (Å²) in [6.07, 6.45) is 3.34. The second kappa shape index (κ2) is 7.46. The fraction of sp³-hybridized carbons (Fsp3) is 0.412. The normalized spacial score (nSPS) is 20.5. The van der Waals surface area contributed by atoms with Crippen LogP contribution in [-0.4, -0.2) is 54.3 Å². The number of β-amino-alcohol motifs (C(OH)–C–C–N with tert-alkyl or cyclic N) is 1. The summed E-state index contributed by atoms with van der Waals surface area (Å²) < 4.78 is 11.3. The maximum Gasteiger partial charge on any atom is 0.277 e. The van der Waals surface area contributed by atoms with Crippen LogP contribution in [0.1, 0.15) is 12.8 Å². The van der Waals surface area contributed by atoms with E-state index in [0.717, 1.165) is 24.3 Å². The van der Waals surface area contributed by atoms with Gasteiger partial charge in [0.2, 0.25) is 0 Å². The van der Waals surface area contributed by atoms with Crippen LogP contribution in [0, 0.1) is 0 Å². The van der Waals surface area contributed by atoms with Gasteiger partial charge in [0, 0.05) is 12.7 Å². The van der Waals surface area contributed by atoms with Crippen molar-refractivity contribution in [2.45, 2.75) is 18.9 Å². The van der Waals surface area contributed by atoms with E-state index in [9.17, 15) is 9.59 Å². The third-order valence-electron chi connectivity index (χ3n) is 3.94. The molecule has 7 heteroatoms. The van der Waals surface area contributed by atoms with Crippen molar-refractivity contribution < 1.29 is 24.2 Å². The van der Waals surface area contributed by atoms with Gasteiger partial charge in [-0.05, 0) is 25.0 Å². The Hall–Kier alpha value is -2.38. The minimum Gasteiger partial charge on any atom is -0.489 e. The maximum atomic E-state index is 12.2. The van der Waals surface area contributed by atoms with Gasteiger partial charge >= 0.3 is 0 Å². The van der Waals surface area contributed by atoms with E-state index in [-0.39, 0.29) is 25.0 Å². The number of anilines is 1. The molecule has 0 aromatic heterocycles. The summed E-state index contributed by atoms with van der Waals surface area (Å²) in [6, 6.07) is 7.22. The zero-order valence-electron chi connectivity index (χ0n) is 13.2. The summed E-state index contributed by atoms with van der Waals surface area (Å²) in [7, 11) is 0. The van der Waals surface area contributed by atoms with E-state index < -0.39 is 11.8 Å². The van der Waals surface area contributed by atoms with Crippen molar-refractivity contribution in [1.82, 2.24) is 4.90 Å². The van der Waals surface area contributed by atoms with Gasteiger partial charge in [0.05, 0.1) is 24.9 Å². The third-order valence-corrected chi connectivity index (χ3v) is 3.94.